The summed E-state index contributed by atoms with van der Waals surface area (Å²) >= 11 is 1.64. The minimum absolute atomic E-state index is 0.0362. The van der Waals surface area contributed by atoms with Crippen LogP contribution in [0.25, 0.3) is 0 Å². The number of likely N-dealkylation sites (tertiary alicyclic amines) is 1. The Bertz CT molecular complexity index is 1160. The largest absolute Gasteiger partial charge is 0.394 e. The van der Waals surface area contributed by atoms with E-state index in [9.17, 15) is 19.5 Å². The van der Waals surface area contributed by atoms with E-state index in [0.717, 1.165) is 12.0 Å². The summed E-state index contributed by atoms with van der Waals surface area (Å²) in [6.07, 6.45) is 0.767. The highest BCUT2D eigenvalue weighted by molar-refractivity contribution is 8.02. The molecule has 3 saturated heterocycles. The van der Waals surface area contributed by atoms with E-state index in [1.807, 2.05) is 74.5 Å². The molecule has 3 N–H and O–H groups in total. The van der Waals surface area contributed by atoms with E-state index in [1.165, 1.54) is 0 Å². The molecular weight excluding hydrogens is 486 g/mol. The quantitative estimate of drug-likeness (QED) is 0.495. The molecular formula is C29H35N3O4S. The van der Waals surface area contributed by atoms with Gasteiger partial charge in [0.25, 0.3) is 0 Å². The summed E-state index contributed by atoms with van der Waals surface area (Å²) in [7, 11) is 0. The predicted octanol–water partition coefficient (Wildman–Crippen LogP) is 3.30. The third-order valence-electron chi connectivity index (χ3n) is 8.40. The zero-order valence-electron chi connectivity index (χ0n) is 21.5. The van der Waals surface area contributed by atoms with E-state index in [2.05, 4.69) is 17.6 Å². The first-order valence-electron chi connectivity index (χ1n) is 13.1. The van der Waals surface area contributed by atoms with Gasteiger partial charge in [0.15, 0.2) is 0 Å². The van der Waals surface area contributed by atoms with Gasteiger partial charge in [-0.3, -0.25) is 14.4 Å². The van der Waals surface area contributed by atoms with Crippen molar-refractivity contribution in [3.63, 3.8) is 0 Å². The molecule has 3 aliphatic rings. The van der Waals surface area contributed by atoms with Crippen molar-refractivity contribution in [3.05, 3.63) is 66.2 Å². The number of anilines is 1. The van der Waals surface area contributed by atoms with Gasteiger partial charge in [-0.05, 0) is 36.0 Å². The average Bonchev–Trinajstić information content (AvgIpc) is 3.48. The van der Waals surface area contributed by atoms with Crippen LogP contribution in [0.1, 0.15) is 32.8 Å². The lowest BCUT2D eigenvalue weighted by Gasteiger charge is -2.40. The molecule has 37 heavy (non-hydrogen) atoms. The molecule has 0 radical (unpaired) electrons. The molecule has 8 heteroatoms. The normalized spacial score (nSPS) is 30.9. The molecule has 0 aromatic heterocycles. The van der Waals surface area contributed by atoms with Crippen molar-refractivity contribution < 1.29 is 19.5 Å². The summed E-state index contributed by atoms with van der Waals surface area (Å²) < 4.78 is -0.719. The van der Waals surface area contributed by atoms with Gasteiger partial charge >= 0.3 is 0 Å². The summed E-state index contributed by atoms with van der Waals surface area (Å²) in [6, 6.07) is 17.7. The highest BCUT2D eigenvalue weighted by Crippen LogP contribution is 2.69. The van der Waals surface area contributed by atoms with Gasteiger partial charge in [-0.25, -0.2) is 0 Å². The highest BCUT2D eigenvalue weighted by Gasteiger charge is 2.76. The molecule has 196 valence electrons. The van der Waals surface area contributed by atoms with Gasteiger partial charge in [0.2, 0.25) is 17.7 Å². The first kappa shape index (κ1) is 25.8. The van der Waals surface area contributed by atoms with Crippen LogP contribution in [0, 0.1) is 23.7 Å². The predicted molar refractivity (Wildman–Crippen MR) is 145 cm³/mol. The van der Waals surface area contributed by atoms with Crippen LogP contribution >= 0.6 is 11.8 Å². The molecule has 3 amide bonds. The summed E-state index contributed by atoms with van der Waals surface area (Å²) in [4.78, 5) is 43.4. The van der Waals surface area contributed by atoms with Crippen LogP contribution < -0.4 is 10.6 Å². The lowest BCUT2D eigenvalue weighted by Crippen LogP contribution is -2.59. The van der Waals surface area contributed by atoms with Gasteiger partial charge in [-0.2, -0.15) is 0 Å². The number of aliphatic hydroxyl groups is 1. The number of rotatable bonds is 8. The van der Waals surface area contributed by atoms with E-state index in [4.69, 9.17) is 0 Å². The van der Waals surface area contributed by atoms with Crippen LogP contribution in [-0.2, 0) is 20.9 Å². The molecule has 5 rings (SSSR count). The molecule has 7 atom stereocenters. The molecule has 2 aromatic carbocycles. The number of fused-ring (bicyclic) bond motifs is 1. The molecule has 3 unspecified atom stereocenters. The number of para-hydroxylation sites is 1. The number of nitrogens with zero attached hydrogens (tertiary/aromatic N) is 1. The van der Waals surface area contributed by atoms with Crippen LogP contribution in [0.4, 0.5) is 5.69 Å². The van der Waals surface area contributed by atoms with E-state index in [1.54, 1.807) is 16.7 Å². The highest BCUT2D eigenvalue weighted by atomic mass is 32.2. The molecule has 3 fully saturated rings. The topological polar surface area (TPSA) is 98.7 Å². The molecule has 0 saturated carbocycles. The lowest BCUT2D eigenvalue weighted by atomic mass is 9.66. The molecule has 2 aromatic rings. The summed E-state index contributed by atoms with van der Waals surface area (Å²) in [5, 5.41) is 16.4. The van der Waals surface area contributed by atoms with Crippen molar-refractivity contribution in [1.82, 2.24) is 10.2 Å². The molecule has 2 bridgehead atoms. The maximum Gasteiger partial charge on any atom is 0.244 e. The Morgan fingerprint density at radius 1 is 1.08 bits per heavy atom. The summed E-state index contributed by atoms with van der Waals surface area (Å²) in [5.74, 6) is -1.72. The standard InChI is InChI=1S/C29H35N3O4S/c1-17(2)21(16-33)32-25(27(35)30-15-19-10-6-4-7-11-19)29-18(3)14-22(37-29)23(24(29)28(32)36)26(34)31-20-12-8-5-9-13-20/h4-13,17-18,21-25,33H,14-16H2,1-3H3,(H,30,35)(H,31,34)/t18?,21-,22+,23-,24-,25?,29?/m0/s1. The van der Waals surface area contributed by atoms with Crippen molar-refractivity contribution in [1.29, 1.82) is 0 Å². The van der Waals surface area contributed by atoms with Crippen LogP contribution in [0.3, 0.4) is 0 Å². The Balaban J connectivity index is 1.51. The van der Waals surface area contributed by atoms with Gasteiger partial charge in [-0.15, -0.1) is 11.8 Å². The van der Waals surface area contributed by atoms with Gasteiger partial charge < -0.3 is 20.6 Å². The van der Waals surface area contributed by atoms with Crippen molar-refractivity contribution >= 4 is 35.2 Å². The Morgan fingerprint density at radius 2 is 1.73 bits per heavy atom. The van der Waals surface area contributed by atoms with E-state index in [0.29, 0.717) is 12.2 Å². The summed E-state index contributed by atoms with van der Waals surface area (Å²) in [5.41, 5.74) is 1.66. The summed E-state index contributed by atoms with van der Waals surface area (Å²) in [6.45, 7) is 6.12. The second-order valence-corrected chi connectivity index (χ2v) is 12.4. The second kappa shape index (κ2) is 10.1. The Hall–Kier alpha value is -2.84. The number of nitrogens with one attached hydrogen (secondary N) is 2. The molecule has 7 nitrogen and oxygen atoms in total. The van der Waals surface area contributed by atoms with Gasteiger partial charge in [0.05, 0.1) is 29.2 Å². The number of amides is 3. The van der Waals surface area contributed by atoms with Crippen LogP contribution in [-0.4, -0.2) is 56.4 Å². The third kappa shape index (κ3) is 4.24. The first-order chi connectivity index (χ1) is 17.8. The fraction of sp³-hybridized carbons (Fsp3) is 0.483. The monoisotopic (exact) mass is 521 g/mol. The minimum Gasteiger partial charge on any atom is -0.394 e. The number of benzene rings is 2. The van der Waals surface area contributed by atoms with Crippen LogP contribution in [0.15, 0.2) is 60.7 Å². The molecule has 3 heterocycles. The van der Waals surface area contributed by atoms with Gasteiger partial charge in [0.1, 0.15) is 6.04 Å². The maximum absolute atomic E-state index is 14.2. The number of aliphatic hydroxyl groups excluding tert-OH is 1. The Morgan fingerprint density at radius 3 is 2.35 bits per heavy atom. The van der Waals surface area contributed by atoms with Crippen molar-refractivity contribution in [3.8, 4) is 0 Å². The molecule has 3 aliphatic heterocycles. The average molecular weight is 522 g/mol. The smallest absolute Gasteiger partial charge is 0.244 e. The number of carbonyl (C=O) groups is 3. The SMILES string of the molecule is CC(C)[C@H](CO)N1C(=O)[C@@H]2[C@@H](C(=O)Nc3ccccc3)[C@H]3CC(C)C2(S3)C1C(=O)NCc1ccccc1. The fourth-order valence-corrected chi connectivity index (χ4v) is 9.07. The van der Waals surface area contributed by atoms with Crippen molar-refractivity contribution in [2.75, 3.05) is 11.9 Å². The fourth-order valence-electron chi connectivity index (χ4n) is 6.67. The van der Waals surface area contributed by atoms with Crippen molar-refractivity contribution in [2.45, 2.75) is 55.8 Å². The van der Waals surface area contributed by atoms with Crippen molar-refractivity contribution in [2.24, 2.45) is 23.7 Å². The van der Waals surface area contributed by atoms with Gasteiger partial charge in [-0.1, -0.05) is 69.3 Å². The lowest BCUT2D eigenvalue weighted by molar-refractivity contribution is -0.143. The van der Waals surface area contributed by atoms with Gasteiger partial charge in [0, 0.05) is 17.5 Å². The van der Waals surface area contributed by atoms with E-state index in [-0.39, 0.29) is 41.4 Å². The molecule has 0 aliphatic carbocycles. The Kier molecular flexibility index (Phi) is 7.07. The zero-order valence-corrected chi connectivity index (χ0v) is 22.3. The zero-order chi connectivity index (χ0) is 26.3. The maximum atomic E-state index is 14.2. The third-order valence-corrected chi connectivity index (χ3v) is 10.5. The number of thioether (sulfide) groups is 1. The second-order valence-electron chi connectivity index (χ2n) is 10.9. The van der Waals surface area contributed by atoms with E-state index >= 15 is 0 Å². The Labute approximate surface area is 222 Å². The van der Waals surface area contributed by atoms with E-state index < -0.39 is 28.7 Å². The van der Waals surface area contributed by atoms with Crippen LogP contribution in [0.2, 0.25) is 0 Å². The number of hydrogen-bond donors (Lipinski definition) is 3. The number of hydrogen-bond acceptors (Lipinski definition) is 5. The van der Waals surface area contributed by atoms with Crippen LogP contribution in [0.5, 0.6) is 0 Å². The first-order valence-corrected chi connectivity index (χ1v) is 14.0. The number of carbonyl (C=O) groups excluding carboxylic acids is 3. The molecule has 1 spiro atoms. The minimum atomic E-state index is -0.757.